The van der Waals surface area contributed by atoms with E-state index >= 15 is 0 Å². The average molecular weight is 168 g/mol. The standard InChI is InChI=1S/C9H16N2O/c1-2-3-4-11-5-6-12-9(7-10)8-11/h1,9H,3-8,10H2. The Morgan fingerprint density at radius 2 is 2.50 bits per heavy atom. The van der Waals surface area contributed by atoms with E-state index in [-0.39, 0.29) is 6.10 Å². The van der Waals surface area contributed by atoms with Gasteiger partial charge in [-0.1, -0.05) is 0 Å². The number of terminal acetylenes is 1. The minimum absolute atomic E-state index is 0.205. The largest absolute Gasteiger partial charge is 0.374 e. The minimum atomic E-state index is 0.205. The monoisotopic (exact) mass is 168 g/mol. The molecule has 0 saturated carbocycles. The molecule has 0 aromatic carbocycles. The fourth-order valence-electron chi connectivity index (χ4n) is 1.35. The van der Waals surface area contributed by atoms with E-state index in [9.17, 15) is 0 Å². The molecule has 0 bridgehead atoms. The van der Waals surface area contributed by atoms with Crippen molar-refractivity contribution in [3.05, 3.63) is 0 Å². The SMILES string of the molecule is C#CCCN1CCOC(CN)C1. The van der Waals surface area contributed by atoms with Gasteiger partial charge in [0.2, 0.25) is 0 Å². The van der Waals surface area contributed by atoms with Crippen LogP contribution in [0.3, 0.4) is 0 Å². The van der Waals surface area contributed by atoms with Crippen molar-refractivity contribution >= 4 is 0 Å². The second-order valence-corrected chi connectivity index (χ2v) is 2.98. The summed E-state index contributed by atoms with van der Waals surface area (Å²) in [7, 11) is 0. The first-order valence-corrected chi connectivity index (χ1v) is 4.34. The first-order chi connectivity index (χ1) is 5.86. The number of hydrogen-bond acceptors (Lipinski definition) is 3. The highest BCUT2D eigenvalue weighted by Crippen LogP contribution is 2.03. The highest BCUT2D eigenvalue weighted by Gasteiger charge is 2.17. The summed E-state index contributed by atoms with van der Waals surface area (Å²) in [5.41, 5.74) is 5.50. The van der Waals surface area contributed by atoms with Crippen LogP contribution in [0.2, 0.25) is 0 Å². The molecule has 0 radical (unpaired) electrons. The van der Waals surface area contributed by atoms with E-state index in [0.29, 0.717) is 6.54 Å². The summed E-state index contributed by atoms with van der Waals surface area (Å²) in [6, 6.07) is 0. The number of morpholine rings is 1. The lowest BCUT2D eigenvalue weighted by Gasteiger charge is -2.31. The molecule has 3 nitrogen and oxygen atoms in total. The van der Waals surface area contributed by atoms with E-state index in [4.69, 9.17) is 16.9 Å². The van der Waals surface area contributed by atoms with Crippen molar-refractivity contribution in [3.63, 3.8) is 0 Å². The van der Waals surface area contributed by atoms with Gasteiger partial charge in [-0.15, -0.1) is 12.3 Å². The molecule has 0 spiro atoms. The maximum absolute atomic E-state index is 5.50. The molecular formula is C9H16N2O. The van der Waals surface area contributed by atoms with E-state index < -0.39 is 0 Å². The van der Waals surface area contributed by atoms with Crippen LogP contribution < -0.4 is 5.73 Å². The highest BCUT2D eigenvalue weighted by molar-refractivity contribution is 4.85. The summed E-state index contributed by atoms with van der Waals surface area (Å²) in [5.74, 6) is 2.63. The van der Waals surface area contributed by atoms with Crippen LogP contribution in [0.5, 0.6) is 0 Å². The summed E-state index contributed by atoms with van der Waals surface area (Å²) < 4.78 is 5.42. The molecule has 1 saturated heterocycles. The molecule has 0 aromatic rings. The van der Waals surface area contributed by atoms with Gasteiger partial charge in [0.05, 0.1) is 12.7 Å². The molecule has 1 aliphatic rings. The minimum Gasteiger partial charge on any atom is -0.374 e. The Bertz CT molecular complexity index is 164. The molecule has 2 N–H and O–H groups in total. The predicted molar refractivity (Wildman–Crippen MR) is 48.7 cm³/mol. The smallest absolute Gasteiger partial charge is 0.0824 e. The summed E-state index contributed by atoms with van der Waals surface area (Å²) in [6.45, 7) is 4.27. The van der Waals surface area contributed by atoms with Crippen LogP contribution in [-0.2, 0) is 4.74 Å². The number of hydrogen-bond donors (Lipinski definition) is 1. The van der Waals surface area contributed by atoms with Gasteiger partial charge in [-0.2, -0.15) is 0 Å². The summed E-state index contributed by atoms with van der Waals surface area (Å²) >= 11 is 0. The van der Waals surface area contributed by atoms with Crippen LogP contribution in [-0.4, -0.2) is 43.8 Å². The zero-order valence-electron chi connectivity index (χ0n) is 7.33. The lowest BCUT2D eigenvalue weighted by atomic mass is 10.2. The van der Waals surface area contributed by atoms with Crippen molar-refractivity contribution in [1.82, 2.24) is 4.90 Å². The third-order valence-electron chi connectivity index (χ3n) is 2.06. The fourth-order valence-corrected chi connectivity index (χ4v) is 1.35. The van der Waals surface area contributed by atoms with Crippen LogP contribution in [0.25, 0.3) is 0 Å². The Balaban J connectivity index is 2.22. The van der Waals surface area contributed by atoms with Gasteiger partial charge in [-0.3, -0.25) is 4.90 Å². The van der Waals surface area contributed by atoms with Crippen LogP contribution in [0.15, 0.2) is 0 Å². The van der Waals surface area contributed by atoms with Crippen molar-refractivity contribution in [1.29, 1.82) is 0 Å². The number of rotatable bonds is 3. The average Bonchev–Trinajstić information content (AvgIpc) is 2.15. The van der Waals surface area contributed by atoms with E-state index in [2.05, 4.69) is 10.8 Å². The van der Waals surface area contributed by atoms with Gasteiger partial charge in [0.25, 0.3) is 0 Å². The normalized spacial score (nSPS) is 25.2. The first kappa shape index (κ1) is 9.53. The third kappa shape index (κ3) is 2.82. The molecule has 1 atom stereocenters. The van der Waals surface area contributed by atoms with Gasteiger partial charge in [0.1, 0.15) is 0 Å². The summed E-state index contributed by atoms with van der Waals surface area (Å²) in [5, 5.41) is 0. The number of nitrogens with zero attached hydrogens (tertiary/aromatic N) is 1. The zero-order valence-corrected chi connectivity index (χ0v) is 7.33. The molecule has 3 heteroatoms. The van der Waals surface area contributed by atoms with Crippen molar-refractivity contribution in [2.45, 2.75) is 12.5 Å². The number of nitrogens with two attached hydrogens (primary N) is 1. The van der Waals surface area contributed by atoms with Gasteiger partial charge in [0.15, 0.2) is 0 Å². The first-order valence-electron chi connectivity index (χ1n) is 4.34. The predicted octanol–water partition coefficient (Wildman–Crippen LogP) is -0.331. The molecule has 1 unspecified atom stereocenters. The van der Waals surface area contributed by atoms with Crippen LogP contribution >= 0.6 is 0 Å². The van der Waals surface area contributed by atoms with E-state index in [1.165, 1.54) is 0 Å². The molecule has 1 heterocycles. The molecule has 1 rings (SSSR count). The molecule has 0 aromatic heterocycles. The zero-order chi connectivity index (χ0) is 8.81. The Hall–Kier alpha value is -0.560. The summed E-state index contributed by atoms with van der Waals surface area (Å²) in [6.07, 6.45) is 6.20. The second kappa shape index (κ2) is 5.15. The second-order valence-electron chi connectivity index (χ2n) is 2.98. The third-order valence-corrected chi connectivity index (χ3v) is 2.06. The van der Waals surface area contributed by atoms with Gasteiger partial charge < -0.3 is 10.5 Å². The van der Waals surface area contributed by atoms with E-state index in [1.54, 1.807) is 0 Å². The lowest BCUT2D eigenvalue weighted by molar-refractivity contribution is -0.0222. The maximum Gasteiger partial charge on any atom is 0.0824 e. The van der Waals surface area contributed by atoms with Crippen molar-refractivity contribution in [2.24, 2.45) is 5.73 Å². The molecule has 1 aliphatic heterocycles. The van der Waals surface area contributed by atoms with Crippen molar-refractivity contribution < 1.29 is 4.74 Å². The van der Waals surface area contributed by atoms with Gasteiger partial charge in [-0.05, 0) is 0 Å². The maximum atomic E-state index is 5.50. The van der Waals surface area contributed by atoms with Gasteiger partial charge in [-0.25, -0.2) is 0 Å². The summed E-state index contributed by atoms with van der Waals surface area (Å²) in [4.78, 5) is 2.31. The highest BCUT2D eigenvalue weighted by atomic mass is 16.5. The quantitative estimate of drug-likeness (QED) is 0.586. The fraction of sp³-hybridized carbons (Fsp3) is 0.778. The molecule has 68 valence electrons. The van der Waals surface area contributed by atoms with Crippen LogP contribution in [0.4, 0.5) is 0 Å². The van der Waals surface area contributed by atoms with Crippen LogP contribution in [0.1, 0.15) is 6.42 Å². The number of ether oxygens (including phenoxy) is 1. The Morgan fingerprint density at radius 1 is 1.67 bits per heavy atom. The Kier molecular flexibility index (Phi) is 4.09. The molecule has 0 aliphatic carbocycles. The van der Waals surface area contributed by atoms with E-state index in [1.807, 2.05) is 0 Å². The van der Waals surface area contributed by atoms with Crippen LogP contribution in [0, 0.1) is 12.3 Å². The molecule has 12 heavy (non-hydrogen) atoms. The molecular weight excluding hydrogens is 152 g/mol. The van der Waals surface area contributed by atoms with Gasteiger partial charge in [0, 0.05) is 32.6 Å². The van der Waals surface area contributed by atoms with Crippen molar-refractivity contribution in [3.8, 4) is 12.3 Å². The Labute approximate surface area is 73.9 Å². The Morgan fingerprint density at radius 3 is 3.17 bits per heavy atom. The molecule has 1 fully saturated rings. The topological polar surface area (TPSA) is 38.5 Å². The lowest BCUT2D eigenvalue weighted by Crippen LogP contribution is -2.45. The van der Waals surface area contributed by atoms with Gasteiger partial charge >= 0.3 is 0 Å². The van der Waals surface area contributed by atoms with E-state index in [0.717, 1.165) is 32.7 Å². The van der Waals surface area contributed by atoms with Crippen molar-refractivity contribution in [2.75, 3.05) is 32.8 Å². The molecule has 0 amide bonds.